The predicted octanol–water partition coefficient (Wildman–Crippen LogP) is 0.0558. The van der Waals surface area contributed by atoms with Crippen LogP contribution in [0.4, 0.5) is 0 Å². The Balaban J connectivity index is 1.36. The Morgan fingerprint density at radius 3 is 2.55 bits per heavy atom. The molecule has 3 fully saturated rings. The summed E-state index contributed by atoms with van der Waals surface area (Å²) in [5.41, 5.74) is -0.808. The highest BCUT2D eigenvalue weighted by Crippen LogP contribution is 2.53. The number of aliphatic hydroxyl groups is 1. The number of esters is 1. The molecular weight excluding hydrogens is 608 g/mol. The summed E-state index contributed by atoms with van der Waals surface area (Å²) in [5.74, 6) is -3.81. The molecule has 1 aromatic rings. The van der Waals surface area contributed by atoms with Gasteiger partial charge in [-0.05, 0) is 12.0 Å². The zero-order valence-corrected chi connectivity index (χ0v) is 26.7. The number of amides is 3. The molecule has 0 unspecified atom stereocenters. The van der Waals surface area contributed by atoms with Gasteiger partial charge in [-0.15, -0.1) is 0 Å². The molecule has 13 nitrogen and oxygen atoms in total. The number of nitrogens with one attached hydrogen (secondary N) is 1. The van der Waals surface area contributed by atoms with Gasteiger partial charge in [0.2, 0.25) is 17.7 Å². The molecule has 47 heavy (non-hydrogen) atoms. The highest BCUT2D eigenvalue weighted by molar-refractivity contribution is 5.99. The van der Waals surface area contributed by atoms with Crippen molar-refractivity contribution in [2.24, 2.45) is 11.8 Å². The first-order valence-electron chi connectivity index (χ1n) is 16.4. The van der Waals surface area contributed by atoms with E-state index in [1.165, 1.54) is 12.0 Å². The van der Waals surface area contributed by atoms with Gasteiger partial charge in [-0.1, -0.05) is 54.6 Å². The molecule has 0 saturated carbocycles. The third-order valence-electron chi connectivity index (χ3n) is 9.77. The molecule has 1 spiro atoms. The summed E-state index contributed by atoms with van der Waals surface area (Å²) in [5, 5.41) is 13.0. The van der Waals surface area contributed by atoms with Crippen LogP contribution in [0.15, 0.2) is 54.6 Å². The summed E-state index contributed by atoms with van der Waals surface area (Å²) in [6, 6.07) is 7.31. The first-order chi connectivity index (χ1) is 22.9. The maximum absolute atomic E-state index is 14.4. The Labute approximate surface area is 274 Å². The second-order valence-electron chi connectivity index (χ2n) is 12.6. The highest BCUT2D eigenvalue weighted by atomic mass is 16.6. The first kappa shape index (κ1) is 33.3. The summed E-state index contributed by atoms with van der Waals surface area (Å²) >= 11 is 0. The lowest BCUT2D eigenvalue weighted by Gasteiger charge is -2.36. The van der Waals surface area contributed by atoms with Crippen LogP contribution in [0.2, 0.25) is 0 Å². The van der Waals surface area contributed by atoms with E-state index in [2.05, 4.69) is 10.2 Å². The number of cyclic esters (lactones) is 1. The fourth-order valence-corrected chi connectivity index (χ4v) is 7.57. The summed E-state index contributed by atoms with van der Waals surface area (Å²) in [6.45, 7) is 3.88. The van der Waals surface area contributed by atoms with Crippen LogP contribution in [0.25, 0.3) is 0 Å². The van der Waals surface area contributed by atoms with Crippen LogP contribution in [-0.4, -0.2) is 140 Å². The van der Waals surface area contributed by atoms with Crippen LogP contribution < -0.4 is 5.32 Å². The lowest BCUT2D eigenvalue weighted by atomic mass is 9.77. The number of carbonyl (C=O) groups is 4. The van der Waals surface area contributed by atoms with Gasteiger partial charge in [0.25, 0.3) is 0 Å². The average molecular weight is 653 g/mol. The minimum atomic E-state index is -1.46. The summed E-state index contributed by atoms with van der Waals surface area (Å²) in [7, 11) is 1.51. The SMILES string of the molecule is COC[C@@H]1NC(=O)CC/C=C\[C@@H]2O[C@@]34C=CCN(CCN5CCOCC5)C(=O)[C@@H]3N(CCO)C(=O)[C@H]4[C@@H]2C(=O)O[C@H]1c1ccccc1. The van der Waals surface area contributed by atoms with E-state index < -0.39 is 53.6 Å². The Hall–Kier alpha value is -3.62. The number of hydrogen-bond acceptors (Lipinski definition) is 10. The molecule has 0 bridgehead atoms. The van der Waals surface area contributed by atoms with E-state index in [0.29, 0.717) is 44.8 Å². The number of β-amino-alcohol motifs (C(OH)–C–C–N with tert-alkyl or cyclic N) is 1. The first-order valence-corrected chi connectivity index (χ1v) is 16.4. The fourth-order valence-electron chi connectivity index (χ4n) is 7.57. The summed E-state index contributed by atoms with van der Waals surface area (Å²) in [6.07, 6.45) is 5.82. The van der Waals surface area contributed by atoms with E-state index in [4.69, 9.17) is 18.9 Å². The molecule has 6 rings (SSSR count). The topological polar surface area (TPSA) is 147 Å². The molecule has 1 aromatic carbocycles. The third-order valence-corrected chi connectivity index (χ3v) is 9.77. The Morgan fingerprint density at radius 1 is 1.02 bits per heavy atom. The number of fused-ring (bicyclic) bond motifs is 2. The van der Waals surface area contributed by atoms with Gasteiger partial charge in [0, 0.05) is 52.8 Å². The number of ether oxygens (including phenoxy) is 4. The zero-order chi connectivity index (χ0) is 33.0. The van der Waals surface area contributed by atoms with Crippen molar-refractivity contribution in [2.75, 3.05) is 72.8 Å². The number of allylic oxidation sites excluding steroid dienone is 1. The van der Waals surface area contributed by atoms with Gasteiger partial charge >= 0.3 is 5.97 Å². The van der Waals surface area contributed by atoms with Crippen LogP contribution in [0, 0.1) is 11.8 Å². The van der Waals surface area contributed by atoms with Crippen molar-refractivity contribution in [2.45, 2.75) is 42.7 Å². The van der Waals surface area contributed by atoms with Gasteiger partial charge in [-0.2, -0.15) is 0 Å². The molecule has 2 N–H and O–H groups in total. The van der Waals surface area contributed by atoms with Gasteiger partial charge in [0.05, 0.1) is 44.5 Å². The molecule has 5 aliphatic heterocycles. The molecule has 254 valence electrons. The lowest BCUT2D eigenvalue weighted by Crippen LogP contribution is -2.56. The zero-order valence-electron chi connectivity index (χ0n) is 26.7. The average Bonchev–Trinajstić information content (AvgIpc) is 3.46. The van der Waals surface area contributed by atoms with E-state index in [-0.39, 0.29) is 38.0 Å². The molecule has 0 aromatic heterocycles. The standard InChI is InChI=1S/C34H44N4O9/c1-44-22-24-29(23-8-3-2-4-9-23)46-33(43)27-25(10-5-6-11-26(40)35-24)47-34-12-7-13-37(15-14-36-17-20-45-21-18-36)32(42)30(34)38(16-19-39)31(41)28(27)34/h2-5,7-10,12,24-25,27-30,39H,6,11,13-22H2,1H3,(H,35,40)/b10-5-/t24-,25-,27+,28+,29-,30-,34+/m0/s1. The van der Waals surface area contributed by atoms with Gasteiger partial charge in [0.1, 0.15) is 23.7 Å². The van der Waals surface area contributed by atoms with E-state index >= 15 is 0 Å². The molecule has 13 heteroatoms. The van der Waals surface area contributed by atoms with E-state index in [1.54, 1.807) is 35.3 Å². The Morgan fingerprint density at radius 2 is 1.81 bits per heavy atom. The normalized spacial score (nSPS) is 34.0. The quantitative estimate of drug-likeness (QED) is 0.292. The van der Waals surface area contributed by atoms with Gasteiger partial charge in [0.15, 0.2) is 0 Å². The summed E-state index contributed by atoms with van der Waals surface area (Å²) in [4.78, 5) is 61.4. The van der Waals surface area contributed by atoms with Gasteiger partial charge < -0.3 is 39.2 Å². The van der Waals surface area contributed by atoms with Crippen molar-refractivity contribution in [1.82, 2.24) is 20.0 Å². The van der Waals surface area contributed by atoms with Crippen LogP contribution in [-0.2, 0) is 38.1 Å². The van der Waals surface area contributed by atoms with Crippen LogP contribution in [0.3, 0.4) is 0 Å². The number of likely N-dealkylation sites (tertiary alicyclic amines) is 1. The fraction of sp³-hybridized carbons (Fsp3) is 0.588. The van der Waals surface area contributed by atoms with Gasteiger partial charge in [-0.25, -0.2) is 0 Å². The van der Waals surface area contributed by atoms with Crippen LogP contribution >= 0.6 is 0 Å². The smallest absolute Gasteiger partial charge is 0.313 e. The maximum Gasteiger partial charge on any atom is 0.313 e. The van der Waals surface area contributed by atoms with E-state index in [9.17, 15) is 24.3 Å². The number of carbonyl (C=O) groups excluding carboxylic acids is 4. The van der Waals surface area contributed by atoms with Crippen LogP contribution in [0.5, 0.6) is 0 Å². The van der Waals surface area contributed by atoms with Crippen molar-refractivity contribution in [3.05, 3.63) is 60.2 Å². The number of hydrogen-bond donors (Lipinski definition) is 2. The number of methoxy groups -OCH3 is 1. The number of aliphatic hydroxyl groups excluding tert-OH is 1. The molecule has 3 saturated heterocycles. The number of nitrogens with zero attached hydrogens (tertiary/aromatic N) is 3. The third kappa shape index (κ3) is 6.59. The van der Waals surface area contributed by atoms with Gasteiger partial charge in [-0.3, -0.25) is 24.1 Å². The summed E-state index contributed by atoms with van der Waals surface area (Å²) < 4.78 is 23.9. The second-order valence-corrected chi connectivity index (χ2v) is 12.6. The molecule has 3 amide bonds. The number of morpholine rings is 1. The van der Waals surface area contributed by atoms with Crippen molar-refractivity contribution < 1.29 is 43.2 Å². The highest BCUT2D eigenvalue weighted by Gasteiger charge is 2.71. The Bertz CT molecular complexity index is 1370. The van der Waals surface area contributed by atoms with Crippen molar-refractivity contribution in [3.63, 3.8) is 0 Å². The minimum Gasteiger partial charge on any atom is -0.455 e. The molecule has 5 aliphatic rings. The number of rotatable bonds is 8. The van der Waals surface area contributed by atoms with Crippen molar-refractivity contribution in [1.29, 1.82) is 0 Å². The van der Waals surface area contributed by atoms with E-state index in [1.807, 2.05) is 24.3 Å². The van der Waals surface area contributed by atoms with Crippen molar-refractivity contribution in [3.8, 4) is 0 Å². The second kappa shape index (κ2) is 14.7. The molecule has 5 heterocycles. The minimum absolute atomic E-state index is 0.0786. The van der Waals surface area contributed by atoms with E-state index in [0.717, 1.165) is 13.1 Å². The molecule has 0 aliphatic carbocycles. The molecule has 7 atom stereocenters. The van der Waals surface area contributed by atoms with Crippen LogP contribution in [0.1, 0.15) is 24.5 Å². The lowest BCUT2D eigenvalue weighted by molar-refractivity contribution is -0.162. The predicted molar refractivity (Wildman–Crippen MR) is 168 cm³/mol. The monoisotopic (exact) mass is 652 g/mol. The molecular formula is C34H44N4O9. The molecule has 0 radical (unpaired) electrons. The Kier molecular flexibility index (Phi) is 10.4. The maximum atomic E-state index is 14.4. The largest absolute Gasteiger partial charge is 0.455 e. The van der Waals surface area contributed by atoms with Crippen molar-refractivity contribution >= 4 is 23.7 Å². The number of benzene rings is 1.